The minimum Gasteiger partial charge on any atom is -0.462 e. The van der Waals surface area contributed by atoms with E-state index in [-0.39, 0.29) is 25.7 Å². The fourth-order valence-corrected chi connectivity index (χ4v) is 14.0. The number of phosphoric acid groups is 2. The second kappa shape index (κ2) is 71.3. The maximum atomic E-state index is 13.1. The van der Waals surface area contributed by atoms with Gasteiger partial charge in [-0.05, 0) is 43.4 Å². The van der Waals surface area contributed by atoms with Gasteiger partial charge in [0.1, 0.15) is 19.3 Å². The molecule has 0 aliphatic heterocycles. The zero-order valence-corrected chi connectivity index (χ0v) is 67.5. The predicted molar refractivity (Wildman–Crippen MR) is 409 cm³/mol. The molecule has 0 bridgehead atoms. The third-order valence-corrected chi connectivity index (χ3v) is 21.1. The molecule has 6 atom stereocenters. The molecule has 0 aromatic rings. The Labute approximate surface area is 613 Å². The summed E-state index contributed by atoms with van der Waals surface area (Å²) in [5.41, 5.74) is 0. The highest BCUT2D eigenvalue weighted by Gasteiger charge is 2.30. The van der Waals surface area contributed by atoms with Crippen molar-refractivity contribution in [3.63, 3.8) is 0 Å². The van der Waals surface area contributed by atoms with E-state index < -0.39 is 97.5 Å². The van der Waals surface area contributed by atoms with Crippen LogP contribution < -0.4 is 0 Å². The molecule has 594 valence electrons. The van der Waals surface area contributed by atoms with Crippen LogP contribution in [0.4, 0.5) is 0 Å². The quantitative estimate of drug-likeness (QED) is 0.0222. The first-order valence-electron chi connectivity index (χ1n) is 41.9. The van der Waals surface area contributed by atoms with Gasteiger partial charge in [0.25, 0.3) is 0 Å². The van der Waals surface area contributed by atoms with Crippen molar-refractivity contribution in [2.24, 2.45) is 17.8 Å². The molecule has 3 unspecified atom stereocenters. The van der Waals surface area contributed by atoms with E-state index in [1.165, 1.54) is 225 Å². The van der Waals surface area contributed by atoms with Crippen molar-refractivity contribution in [1.82, 2.24) is 0 Å². The van der Waals surface area contributed by atoms with Crippen LogP contribution in [0, 0.1) is 17.8 Å². The van der Waals surface area contributed by atoms with Crippen molar-refractivity contribution in [2.45, 2.75) is 439 Å². The molecule has 0 radical (unpaired) electrons. The monoisotopic (exact) mass is 1470 g/mol. The SMILES string of the molecule is CCCCCCCCCCCCCCCCCC(=O)O[C@H](COC(=O)CCCCCCCCC(C)CC)COP(=O)(O)OC[C@H](O)COP(=O)(O)OC[C@@H](COC(=O)CCCCCCCCCCCCCCCCC(C)C)OC(=O)CCCCCCCCCCCCCCCCCC(C)C. The van der Waals surface area contributed by atoms with Crippen molar-refractivity contribution in [3.05, 3.63) is 0 Å². The summed E-state index contributed by atoms with van der Waals surface area (Å²) in [7, 11) is -9.92. The van der Waals surface area contributed by atoms with E-state index in [9.17, 15) is 43.2 Å². The summed E-state index contributed by atoms with van der Waals surface area (Å²) < 4.78 is 68.7. The molecule has 0 saturated heterocycles. The highest BCUT2D eigenvalue weighted by Crippen LogP contribution is 2.45. The Balaban J connectivity index is 5.25. The van der Waals surface area contributed by atoms with Gasteiger partial charge in [-0.25, -0.2) is 9.13 Å². The molecule has 0 aliphatic rings. The lowest BCUT2D eigenvalue weighted by Crippen LogP contribution is -2.30. The molecule has 19 heteroatoms. The Hall–Kier alpha value is -1.94. The van der Waals surface area contributed by atoms with Crippen LogP contribution in [0.1, 0.15) is 421 Å². The molecule has 0 rings (SSSR count). The largest absolute Gasteiger partial charge is 0.472 e. The molecule has 0 amide bonds. The molecular weight excluding hydrogens is 1310 g/mol. The third-order valence-electron chi connectivity index (χ3n) is 19.2. The molecule has 0 aromatic heterocycles. The first-order chi connectivity index (χ1) is 48.3. The van der Waals surface area contributed by atoms with Gasteiger partial charge < -0.3 is 33.8 Å². The maximum absolute atomic E-state index is 13.1. The van der Waals surface area contributed by atoms with Crippen molar-refractivity contribution in [3.8, 4) is 0 Å². The van der Waals surface area contributed by atoms with Crippen molar-refractivity contribution in [2.75, 3.05) is 39.6 Å². The van der Waals surface area contributed by atoms with E-state index in [1.54, 1.807) is 0 Å². The molecule has 3 N–H and O–H groups in total. The highest BCUT2D eigenvalue weighted by molar-refractivity contribution is 7.47. The summed E-state index contributed by atoms with van der Waals surface area (Å²) in [6.45, 7) is 12.0. The third kappa shape index (κ3) is 73.0. The Morgan fingerprint density at radius 1 is 0.290 bits per heavy atom. The maximum Gasteiger partial charge on any atom is 0.472 e. The number of ether oxygens (including phenoxy) is 4. The number of unbranched alkanes of at least 4 members (excludes halogenated alkanes) is 46. The Morgan fingerprint density at radius 2 is 0.510 bits per heavy atom. The minimum absolute atomic E-state index is 0.107. The van der Waals surface area contributed by atoms with Crippen LogP contribution in [0.2, 0.25) is 0 Å². The Bertz CT molecular complexity index is 1940. The number of aliphatic hydroxyl groups is 1. The van der Waals surface area contributed by atoms with Gasteiger partial charge in [0.15, 0.2) is 12.2 Å². The smallest absolute Gasteiger partial charge is 0.462 e. The normalized spacial score (nSPS) is 14.2. The zero-order valence-electron chi connectivity index (χ0n) is 65.7. The molecule has 0 heterocycles. The summed E-state index contributed by atoms with van der Waals surface area (Å²) >= 11 is 0. The summed E-state index contributed by atoms with van der Waals surface area (Å²) in [6.07, 6.45) is 59.6. The van der Waals surface area contributed by atoms with Crippen LogP contribution in [-0.4, -0.2) is 96.7 Å². The van der Waals surface area contributed by atoms with Gasteiger partial charge in [-0.2, -0.15) is 0 Å². The fourth-order valence-electron chi connectivity index (χ4n) is 12.5. The second-order valence-electron chi connectivity index (χ2n) is 30.4. The lowest BCUT2D eigenvalue weighted by Gasteiger charge is -2.21. The van der Waals surface area contributed by atoms with Gasteiger partial charge in [0.2, 0.25) is 0 Å². The fraction of sp³-hybridized carbons (Fsp3) is 0.951. The number of rotatable bonds is 79. The molecule has 0 saturated carbocycles. The molecule has 0 aromatic carbocycles. The summed E-state index contributed by atoms with van der Waals surface area (Å²) in [5, 5.41) is 10.6. The topological polar surface area (TPSA) is 237 Å². The van der Waals surface area contributed by atoms with Crippen LogP contribution in [0.15, 0.2) is 0 Å². The molecular formula is C81H158O17P2. The van der Waals surface area contributed by atoms with E-state index in [1.807, 2.05) is 0 Å². The molecule has 17 nitrogen and oxygen atoms in total. The van der Waals surface area contributed by atoms with E-state index >= 15 is 0 Å². The van der Waals surface area contributed by atoms with Crippen LogP contribution in [-0.2, 0) is 65.4 Å². The first kappa shape index (κ1) is 98.1. The van der Waals surface area contributed by atoms with Crippen molar-refractivity contribution < 1.29 is 80.2 Å². The first-order valence-corrected chi connectivity index (χ1v) is 44.9. The second-order valence-corrected chi connectivity index (χ2v) is 33.3. The van der Waals surface area contributed by atoms with Gasteiger partial charge in [-0.3, -0.25) is 37.3 Å². The van der Waals surface area contributed by atoms with Gasteiger partial charge in [-0.1, -0.05) is 370 Å². The highest BCUT2D eigenvalue weighted by atomic mass is 31.2. The molecule has 0 spiro atoms. The van der Waals surface area contributed by atoms with Gasteiger partial charge in [0.05, 0.1) is 26.4 Å². The van der Waals surface area contributed by atoms with E-state index in [0.717, 1.165) is 114 Å². The summed E-state index contributed by atoms with van der Waals surface area (Å²) in [4.78, 5) is 73.0. The molecule has 0 fully saturated rings. The molecule has 100 heavy (non-hydrogen) atoms. The van der Waals surface area contributed by atoms with E-state index in [0.29, 0.717) is 25.7 Å². The summed E-state index contributed by atoms with van der Waals surface area (Å²) in [6, 6.07) is 0. The van der Waals surface area contributed by atoms with Crippen LogP contribution in [0.5, 0.6) is 0 Å². The van der Waals surface area contributed by atoms with E-state index in [2.05, 4.69) is 48.5 Å². The summed E-state index contributed by atoms with van der Waals surface area (Å²) in [5.74, 6) is 0.222. The lowest BCUT2D eigenvalue weighted by atomic mass is 10.00. The average Bonchev–Trinajstić information content (AvgIpc) is 0.962. The number of carbonyl (C=O) groups excluding carboxylic acids is 4. The minimum atomic E-state index is -4.96. The average molecular weight is 1470 g/mol. The van der Waals surface area contributed by atoms with Crippen LogP contribution >= 0.6 is 15.6 Å². The standard InChI is InChI=1S/C81H158O17P2/c1-8-10-11-12-13-14-15-16-18-26-31-36-41-50-57-65-81(86)98-77(69-92-79(84)63-56-49-44-43-47-54-61-74(7)9-2)71-96-100(89,90)94-67-75(82)66-93-99(87,88)95-70-76(68-91-78(83)62-55-48-40-35-30-25-22-21-24-29-34-39-46-53-60-73(5)6)97-80(85)64-58-51-42-37-32-27-20-17-19-23-28-33-38-45-52-59-72(3)4/h72-77,82H,8-71H2,1-7H3,(H,87,88)(H,89,90)/t74?,75-,76-,77-/m1/s1. The number of aliphatic hydroxyl groups excluding tert-OH is 1. The number of hydrogen-bond donors (Lipinski definition) is 3. The van der Waals surface area contributed by atoms with E-state index in [4.69, 9.17) is 37.0 Å². The van der Waals surface area contributed by atoms with Crippen molar-refractivity contribution in [1.29, 1.82) is 0 Å². The zero-order chi connectivity index (χ0) is 73.7. The Kier molecular flexibility index (Phi) is 69.9. The van der Waals surface area contributed by atoms with Gasteiger partial charge in [0, 0.05) is 25.7 Å². The number of hydrogen-bond acceptors (Lipinski definition) is 15. The van der Waals surface area contributed by atoms with Crippen LogP contribution in [0.3, 0.4) is 0 Å². The molecule has 0 aliphatic carbocycles. The Morgan fingerprint density at radius 3 is 0.760 bits per heavy atom. The van der Waals surface area contributed by atoms with Crippen molar-refractivity contribution >= 4 is 39.5 Å². The number of phosphoric ester groups is 2. The predicted octanol–water partition coefficient (Wildman–Crippen LogP) is 24.1. The lowest BCUT2D eigenvalue weighted by molar-refractivity contribution is -0.161. The number of carbonyl (C=O) groups is 4. The number of esters is 4. The van der Waals surface area contributed by atoms with Crippen LogP contribution in [0.25, 0.3) is 0 Å². The van der Waals surface area contributed by atoms with Gasteiger partial charge in [-0.15, -0.1) is 0 Å². The van der Waals surface area contributed by atoms with Gasteiger partial charge >= 0.3 is 39.5 Å².